The Morgan fingerprint density at radius 3 is 2.47 bits per heavy atom. The van der Waals surface area contributed by atoms with Crippen LogP contribution in [0.15, 0.2) is 24.3 Å². The smallest absolute Gasteiger partial charge is 0.0314 e. The van der Waals surface area contributed by atoms with Crippen molar-refractivity contribution in [1.82, 2.24) is 0 Å². The third-order valence-corrected chi connectivity index (χ3v) is 4.32. The third-order valence-electron chi connectivity index (χ3n) is 3.08. The molecule has 1 aliphatic carbocycles. The molecular formula is C13H19NS. The van der Waals surface area contributed by atoms with E-state index < -0.39 is 0 Å². The molecule has 2 heteroatoms. The average molecular weight is 221 g/mol. The van der Waals surface area contributed by atoms with E-state index in [4.69, 9.17) is 5.73 Å². The Balaban J connectivity index is 1.71. The Labute approximate surface area is 96.4 Å². The van der Waals surface area contributed by atoms with Crippen LogP contribution in [0.1, 0.15) is 31.2 Å². The number of hydrogen-bond donors (Lipinski definition) is 1. The highest BCUT2D eigenvalue weighted by Crippen LogP contribution is 2.29. The third kappa shape index (κ3) is 3.45. The van der Waals surface area contributed by atoms with Crippen molar-refractivity contribution in [3.8, 4) is 0 Å². The van der Waals surface area contributed by atoms with E-state index in [9.17, 15) is 0 Å². The first kappa shape index (κ1) is 10.9. The maximum atomic E-state index is 5.65. The lowest BCUT2D eigenvalue weighted by Gasteiger charge is -2.08. The molecule has 0 radical (unpaired) electrons. The monoisotopic (exact) mass is 221 g/mol. The van der Waals surface area contributed by atoms with Gasteiger partial charge in [0.05, 0.1) is 0 Å². The predicted octanol–water partition coefficient (Wildman–Crippen LogP) is 3.69. The molecule has 1 aliphatic rings. The van der Waals surface area contributed by atoms with Gasteiger partial charge in [0.2, 0.25) is 0 Å². The zero-order chi connectivity index (χ0) is 10.5. The highest BCUT2D eigenvalue weighted by Gasteiger charge is 2.14. The van der Waals surface area contributed by atoms with E-state index in [0.717, 1.165) is 17.4 Å². The molecule has 82 valence electrons. The maximum absolute atomic E-state index is 5.65. The number of nitrogens with two attached hydrogens (primary N) is 1. The Morgan fingerprint density at radius 2 is 1.80 bits per heavy atom. The van der Waals surface area contributed by atoms with Gasteiger partial charge >= 0.3 is 0 Å². The summed E-state index contributed by atoms with van der Waals surface area (Å²) in [7, 11) is 0. The molecule has 15 heavy (non-hydrogen) atoms. The standard InChI is InChI=1S/C13H19NS/c14-13-7-5-12(6-8-13)10-15-9-11-3-1-2-4-11/h5-8,11H,1-4,9-10,14H2. The fraction of sp³-hybridized carbons (Fsp3) is 0.538. The van der Waals surface area contributed by atoms with Crippen LogP contribution in [0.25, 0.3) is 0 Å². The lowest BCUT2D eigenvalue weighted by Crippen LogP contribution is -1.97. The molecule has 0 saturated heterocycles. The van der Waals surface area contributed by atoms with Crippen molar-refractivity contribution < 1.29 is 0 Å². The van der Waals surface area contributed by atoms with Gasteiger partial charge in [0.25, 0.3) is 0 Å². The molecule has 0 unspecified atom stereocenters. The normalized spacial score (nSPS) is 17.1. The van der Waals surface area contributed by atoms with Gasteiger partial charge in [0.15, 0.2) is 0 Å². The number of thioether (sulfide) groups is 1. The minimum absolute atomic E-state index is 0.861. The Kier molecular flexibility index (Phi) is 3.95. The van der Waals surface area contributed by atoms with Gasteiger partial charge < -0.3 is 5.73 Å². The van der Waals surface area contributed by atoms with Gasteiger partial charge in [0.1, 0.15) is 0 Å². The minimum Gasteiger partial charge on any atom is -0.399 e. The number of nitrogen functional groups attached to an aromatic ring is 1. The highest BCUT2D eigenvalue weighted by atomic mass is 32.2. The summed E-state index contributed by atoms with van der Waals surface area (Å²) in [5.41, 5.74) is 7.90. The van der Waals surface area contributed by atoms with Crippen molar-refractivity contribution >= 4 is 17.4 Å². The molecule has 0 spiro atoms. The quantitative estimate of drug-likeness (QED) is 0.785. The first-order chi connectivity index (χ1) is 7.34. The number of anilines is 1. The summed E-state index contributed by atoms with van der Waals surface area (Å²) in [4.78, 5) is 0. The van der Waals surface area contributed by atoms with E-state index in [-0.39, 0.29) is 0 Å². The molecule has 0 aromatic heterocycles. The largest absolute Gasteiger partial charge is 0.399 e. The highest BCUT2D eigenvalue weighted by molar-refractivity contribution is 7.98. The van der Waals surface area contributed by atoms with Crippen LogP contribution in [0.3, 0.4) is 0 Å². The lowest BCUT2D eigenvalue weighted by molar-refractivity contribution is 0.623. The van der Waals surface area contributed by atoms with Crippen molar-refractivity contribution in [2.45, 2.75) is 31.4 Å². The van der Waals surface area contributed by atoms with Gasteiger partial charge in [-0.05, 0) is 42.2 Å². The molecule has 2 rings (SSSR count). The summed E-state index contributed by atoms with van der Waals surface area (Å²) in [6, 6.07) is 8.25. The fourth-order valence-corrected chi connectivity index (χ4v) is 3.35. The number of benzene rings is 1. The molecule has 2 N–H and O–H groups in total. The van der Waals surface area contributed by atoms with Gasteiger partial charge in [-0.15, -0.1) is 0 Å². The van der Waals surface area contributed by atoms with Crippen molar-refractivity contribution in [2.75, 3.05) is 11.5 Å². The Hall–Kier alpha value is -0.630. The van der Waals surface area contributed by atoms with Crippen LogP contribution in [0.5, 0.6) is 0 Å². The molecule has 0 bridgehead atoms. The summed E-state index contributed by atoms with van der Waals surface area (Å²) in [5, 5.41) is 0. The molecule has 0 atom stereocenters. The average Bonchev–Trinajstić information content (AvgIpc) is 2.74. The summed E-state index contributed by atoms with van der Waals surface area (Å²) < 4.78 is 0. The maximum Gasteiger partial charge on any atom is 0.0314 e. The first-order valence-electron chi connectivity index (χ1n) is 5.77. The zero-order valence-electron chi connectivity index (χ0n) is 9.11. The summed E-state index contributed by atoms with van der Waals surface area (Å²) >= 11 is 2.07. The molecule has 1 fully saturated rings. The second-order valence-electron chi connectivity index (χ2n) is 4.41. The van der Waals surface area contributed by atoms with Crippen LogP contribution >= 0.6 is 11.8 Å². The van der Waals surface area contributed by atoms with E-state index in [0.29, 0.717) is 0 Å². The summed E-state index contributed by atoms with van der Waals surface area (Å²) in [6.45, 7) is 0. The summed E-state index contributed by atoms with van der Waals surface area (Å²) in [5.74, 6) is 3.46. The van der Waals surface area contributed by atoms with Crippen LogP contribution in [0.2, 0.25) is 0 Å². The van der Waals surface area contributed by atoms with Crippen LogP contribution < -0.4 is 5.73 Å². The van der Waals surface area contributed by atoms with E-state index in [1.807, 2.05) is 12.1 Å². The van der Waals surface area contributed by atoms with E-state index >= 15 is 0 Å². The predicted molar refractivity (Wildman–Crippen MR) is 69.0 cm³/mol. The minimum atomic E-state index is 0.861. The second-order valence-corrected chi connectivity index (χ2v) is 5.44. The van der Waals surface area contributed by atoms with Gasteiger partial charge in [0, 0.05) is 11.4 Å². The van der Waals surface area contributed by atoms with Crippen LogP contribution in [-0.2, 0) is 5.75 Å². The van der Waals surface area contributed by atoms with E-state index in [1.165, 1.54) is 37.0 Å². The Bertz CT molecular complexity index is 288. The van der Waals surface area contributed by atoms with Gasteiger partial charge in [-0.25, -0.2) is 0 Å². The van der Waals surface area contributed by atoms with Crippen LogP contribution in [0.4, 0.5) is 5.69 Å². The number of rotatable bonds is 4. The van der Waals surface area contributed by atoms with Crippen LogP contribution in [0, 0.1) is 5.92 Å². The molecule has 1 saturated carbocycles. The van der Waals surface area contributed by atoms with Gasteiger partial charge in [-0.2, -0.15) is 11.8 Å². The topological polar surface area (TPSA) is 26.0 Å². The molecule has 1 aromatic rings. The molecule has 0 aliphatic heterocycles. The first-order valence-corrected chi connectivity index (χ1v) is 6.92. The van der Waals surface area contributed by atoms with E-state index in [2.05, 4.69) is 23.9 Å². The van der Waals surface area contributed by atoms with E-state index in [1.54, 1.807) is 0 Å². The molecular weight excluding hydrogens is 202 g/mol. The number of hydrogen-bond acceptors (Lipinski definition) is 2. The van der Waals surface area contributed by atoms with Crippen molar-refractivity contribution in [2.24, 2.45) is 5.92 Å². The second kappa shape index (κ2) is 5.45. The van der Waals surface area contributed by atoms with Gasteiger partial charge in [-0.1, -0.05) is 25.0 Å². The Morgan fingerprint density at radius 1 is 1.13 bits per heavy atom. The van der Waals surface area contributed by atoms with Crippen molar-refractivity contribution in [3.05, 3.63) is 29.8 Å². The lowest BCUT2D eigenvalue weighted by atomic mass is 10.1. The zero-order valence-corrected chi connectivity index (χ0v) is 9.93. The summed E-state index contributed by atoms with van der Waals surface area (Å²) in [6.07, 6.45) is 5.81. The molecule has 0 amide bonds. The van der Waals surface area contributed by atoms with Crippen molar-refractivity contribution in [1.29, 1.82) is 0 Å². The molecule has 1 nitrogen and oxygen atoms in total. The van der Waals surface area contributed by atoms with Crippen molar-refractivity contribution in [3.63, 3.8) is 0 Å². The SMILES string of the molecule is Nc1ccc(CSCC2CCCC2)cc1. The van der Waals surface area contributed by atoms with Gasteiger partial charge in [-0.3, -0.25) is 0 Å². The molecule has 1 aromatic carbocycles. The fourth-order valence-electron chi connectivity index (χ4n) is 2.13. The van der Waals surface area contributed by atoms with Crippen LogP contribution in [-0.4, -0.2) is 5.75 Å². The molecule has 0 heterocycles.